The van der Waals surface area contributed by atoms with Gasteiger partial charge in [0.15, 0.2) is 5.03 Å². The molecule has 0 bridgehead atoms. The third-order valence-corrected chi connectivity index (χ3v) is 5.18. The molecular weight excluding hydrogens is 280 g/mol. The van der Waals surface area contributed by atoms with Gasteiger partial charge in [-0.2, -0.15) is 9.40 Å². The van der Waals surface area contributed by atoms with Crippen molar-refractivity contribution in [1.29, 1.82) is 0 Å². The van der Waals surface area contributed by atoms with Crippen molar-refractivity contribution in [3.8, 4) is 0 Å². The average molecular weight is 302 g/mol. The molecule has 1 fully saturated rings. The predicted molar refractivity (Wildman–Crippen MR) is 74.9 cm³/mol. The van der Waals surface area contributed by atoms with E-state index in [1.807, 2.05) is 20.8 Å². The number of aryl methyl sites for hydroxylation is 1. The van der Waals surface area contributed by atoms with E-state index in [2.05, 4.69) is 15.5 Å². The van der Waals surface area contributed by atoms with Crippen LogP contribution < -0.4 is 5.32 Å². The van der Waals surface area contributed by atoms with Gasteiger partial charge in [-0.15, -0.1) is 0 Å². The molecule has 0 spiro atoms. The first-order valence-electron chi connectivity index (χ1n) is 6.60. The van der Waals surface area contributed by atoms with Gasteiger partial charge in [-0.1, -0.05) is 0 Å². The second-order valence-corrected chi connectivity index (χ2v) is 7.46. The lowest BCUT2D eigenvalue weighted by Crippen LogP contribution is -2.50. The molecule has 1 aliphatic heterocycles. The smallest absolute Gasteiger partial charge is 0.262 e. The van der Waals surface area contributed by atoms with Crippen molar-refractivity contribution < 1.29 is 13.2 Å². The van der Waals surface area contributed by atoms with Crippen LogP contribution in [-0.2, 0) is 21.3 Å². The highest BCUT2D eigenvalue weighted by atomic mass is 32.2. The Kier molecular flexibility index (Phi) is 4.19. The van der Waals surface area contributed by atoms with Gasteiger partial charge in [-0.3, -0.25) is 5.10 Å². The lowest BCUT2D eigenvalue weighted by atomic mass is 10.1. The lowest BCUT2D eigenvalue weighted by molar-refractivity contribution is -0.0640. The summed E-state index contributed by atoms with van der Waals surface area (Å²) in [5, 5.41) is 9.84. The number of hydrogen-bond acceptors (Lipinski definition) is 5. The first kappa shape index (κ1) is 15.4. The Labute approximate surface area is 119 Å². The van der Waals surface area contributed by atoms with E-state index in [4.69, 9.17) is 4.74 Å². The van der Waals surface area contributed by atoms with Gasteiger partial charge in [0.05, 0.1) is 12.2 Å². The molecule has 0 aromatic carbocycles. The van der Waals surface area contributed by atoms with Crippen LogP contribution >= 0.6 is 0 Å². The van der Waals surface area contributed by atoms with Gasteiger partial charge in [-0.25, -0.2) is 8.42 Å². The van der Waals surface area contributed by atoms with Crippen LogP contribution in [0.1, 0.15) is 25.1 Å². The Hall–Kier alpha value is -0.960. The summed E-state index contributed by atoms with van der Waals surface area (Å²) < 4.78 is 32.5. The highest BCUT2D eigenvalue weighted by Gasteiger charge is 2.37. The summed E-state index contributed by atoms with van der Waals surface area (Å²) in [6.07, 6.45) is 0. The Morgan fingerprint density at radius 2 is 2.20 bits per heavy atom. The normalized spacial score (nSPS) is 20.2. The van der Waals surface area contributed by atoms with Gasteiger partial charge in [0, 0.05) is 30.9 Å². The van der Waals surface area contributed by atoms with E-state index in [9.17, 15) is 8.42 Å². The van der Waals surface area contributed by atoms with E-state index in [0.717, 1.165) is 5.69 Å². The molecule has 1 aromatic rings. The maximum absolute atomic E-state index is 12.7. The van der Waals surface area contributed by atoms with Crippen molar-refractivity contribution in [2.45, 2.75) is 37.9 Å². The molecule has 0 atom stereocenters. The van der Waals surface area contributed by atoms with Crippen molar-refractivity contribution >= 4 is 10.0 Å². The number of ether oxygens (including phenoxy) is 1. The van der Waals surface area contributed by atoms with E-state index < -0.39 is 15.6 Å². The highest BCUT2D eigenvalue weighted by molar-refractivity contribution is 7.89. The minimum Gasteiger partial charge on any atom is -0.373 e. The number of sulfonamides is 1. The van der Waals surface area contributed by atoms with Crippen LogP contribution in [-0.4, -0.2) is 55.3 Å². The molecule has 2 heterocycles. The van der Waals surface area contributed by atoms with Crippen LogP contribution in [0.15, 0.2) is 5.03 Å². The lowest BCUT2D eigenvalue weighted by Gasteiger charge is -2.37. The van der Waals surface area contributed by atoms with Crippen molar-refractivity contribution in [2.24, 2.45) is 0 Å². The van der Waals surface area contributed by atoms with Crippen LogP contribution in [0.5, 0.6) is 0 Å². The standard InChI is InChI=1S/C12H22N4O3S/c1-9-10(7-13-4)11(15-14-9)20(17,18)16-5-6-19-12(2,3)8-16/h13H,5-8H2,1-4H3,(H,14,15). The molecule has 20 heavy (non-hydrogen) atoms. The number of aromatic nitrogens is 2. The molecule has 0 radical (unpaired) electrons. The van der Waals surface area contributed by atoms with Gasteiger partial charge in [0.1, 0.15) is 0 Å². The van der Waals surface area contributed by atoms with E-state index in [-0.39, 0.29) is 5.03 Å². The summed E-state index contributed by atoms with van der Waals surface area (Å²) >= 11 is 0. The Bertz CT molecular complexity index is 580. The fourth-order valence-electron chi connectivity index (χ4n) is 2.33. The molecule has 114 valence electrons. The van der Waals surface area contributed by atoms with Crippen molar-refractivity contribution in [3.05, 3.63) is 11.3 Å². The number of aromatic amines is 1. The molecule has 1 aliphatic rings. The largest absolute Gasteiger partial charge is 0.373 e. The molecular formula is C12H22N4O3S. The van der Waals surface area contributed by atoms with Crippen LogP contribution in [0.4, 0.5) is 0 Å². The van der Waals surface area contributed by atoms with Crippen molar-refractivity contribution in [2.75, 3.05) is 26.7 Å². The number of morpholine rings is 1. The van der Waals surface area contributed by atoms with Crippen molar-refractivity contribution in [1.82, 2.24) is 19.8 Å². The molecule has 0 aliphatic carbocycles. The van der Waals surface area contributed by atoms with Crippen LogP contribution in [0, 0.1) is 6.92 Å². The number of rotatable bonds is 4. The molecule has 0 unspecified atom stereocenters. The molecule has 2 N–H and O–H groups in total. The summed E-state index contributed by atoms with van der Waals surface area (Å²) in [7, 11) is -1.82. The number of nitrogens with zero attached hydrogens (tertiary/aromatic N) is 2. The molecule has 1 saturated heterocycles. The highest BCUT2D eigenvalue weighted by Crippen LogP contribution is 2.25. The minimum absolute atomic E-state index is 0.113. The summed E-state index contributed by atoms with van der Waals surface area (Å²) in [6, 6.07) is 0. The number of nitrogens with one attached hydrogen (secondary N) is 2. The number of hydrogen-bond donors (Lipinski definition) is 2. The van der Waals surface area contributed by atoms with Crippen LogP contribution in [0.25, 0.3) is 0 Å². The molecule has 8 heteroatoms. The van der Waals surface area contributed by atoms with Gasteiger partial charge < -0.3 is 10.1 Å². The topological polar surface area (TPSA) is 87.3 Å². The average Bonchev–Trinajstić information content (AvgIpc) is 2.71. The maximum Gasteiger partial charge on any atom is 0.262 e. The summed E-state index contributed by atoms with van der Waals surface area (Å²) in [6.45, 7) is 7.15. The van der Waals surface area contributed by atoms with E-state index in [0.29, 0.717) is 31.8 Å². The molecule has 1 aromatic heterocycles. The maximum atomic E-state index is 12.7. The molecule has 2 rings (SSSR count). The fourth-order valence-corrected chi connectivity index (χ4v) is 4.07. The summed E-state index contributed by atoms with van der Waals surface area (Å²) in [5.74, 6) is 0. The fraction of sp³-hybridized carbons (Fsp3) is 0.750. The van der Waals surface area contributed by atoms with E-state index in [1.54, 1.807) is 7.05 Å². The number of H-pyrrole nitrogens is 1. The first-order chi connectivity index (χ1) is 9.28. The second kappa shape index (κ2) is 5.44. The zero-order chi connectivity index (χ0) is 15.0. The molecule has 0 amide bonds. The Morgan fingerprint density at radius 1 is 1.50 bits per heavy atom. The monoisotopic (exact) mass is 302 g/mol. The van der Waals surface area contributed by atoms with E-state index >= 15 is 0 Å². The Morgan fingerprint density at radius 3 is 2.80 bits per heavy atom. The van der Waals surface area contributed by atoms with Crippen molar-refractivity contribution in [3.63, 3.8) is 0 Å². The Balaban J connectivity index is 2.35. The van der Waals surface area contributed by atoms with Gasteiger partial charge in [0.25, 0.3) is 10.0 Å². The van der Waals surface area contributed by atoms with Crippen LogP contribution in [0.2, 0.25) is 0 Å². The van der Waals surface area contributed by atoms with Gasteiger partial charge in [0.2, 0.25) is 0 Å². The summed E-state index contributed by atoms with van der Waals surface area (Å²) in [5.41, 5.74) is 0.988. The molecule has 7 nitrogen and oxygen atoms in total. The zero-order valence-electron chi connectivity index (χ0n) is 12.4. The van der Waals surface area contributed by atoms with Crippen LogP contribution in [0.3, 0.4) is 0 Å². The van der Waals surface area contributed by atoms with Gasteiger partial charge >= 0.3 is 0 Å². The second-order valence-electron chi connectivity index (χ2n) is 5.61. The minimum atomic E-state index is -3.59. The third-order valence-electron chi connectivity index (χ3n) is 3.36. The third kappa shape index (κ3) is 2.88. The van der Waals surface area contributed by atoms with Gasteiger partial charge in [-0.05, 0) is 27.8 Å². The van der Waals surface area contributed by atoms with E-state index in [1.165, 1.54) is 4.31 Å². The summed E-state index contributed by atoms with van der Waals surface area (Å²) in [4.78, 5) is 0. The quantitative estimate of drug-likeness (QED) is 0.832. The zero-order valence-corrected chi connectivity index (χ0v) is 13.2. The first-order valence-corrected chi connectivity index (χ1v) is 8.04. The predicted octanol–water partition coefficient (Wildman–Crippen LogP) is 0.237. The molecule has 0 saturated carbocycles. The SMILES string of the molecule is CNCc1c(S(=O)(=O)N2CCOC(C)(C)C2)n[nH]c1C.